The van der Waals surface area contributed by atoms with E-state index in [2.05, 4.69) is 10.9 Å². The summed E-state index contributed by atoms with van der Waals surface area (Å²) < 4.78 is 15.7. The predicted molar refractivity (Wildman–Crippen MR) is 91.7 cm³/mol. The molecule has 0 radical (unpaired) electrons. The summed E-state index contributed by atoms with van der Waals surface area (Å²) in [6.07, 6.45) is 0. The zero-order valence-electron chi connectivity index (χ0n) is 14.1. The average molecular weight is 344 g/mol. The third kappa shape index (κ3) is 5.72. The van der Waals surface area contributed by atoms with Gasteiger partial charge in [-0.15, -0.1) is 0 Å². The van der Waals surface area contributed by atoms with Crippen LogP contribution in [-0.2, 0) is 4.79 Å². The van der Waals surface area contributed by atoms with Crippen molar-refractivity contribution in [2.75, 3.05) is 20.3 Å². The van der Waals surface area contributed by atoms with Gasteiger partial charge in [0, 0.05) is 5.56 Å². The van der Waals surface area contributed by atoms with Crippen molar-refractivity contribution >= 4 is 11.8 Å². The Labute approximate surface area is 145 Å². The molecule has 2 aromatic rings. The van der Waals surface area contributed by atoms with Gasteiger partial charge in [0.2, 0.25) is 0 Å². The lowest BCUT2D eigenvalue weighted by atomic mass is 10.2. The number of hydrogen-bond donors (Lipinski definition) is 2. The maximum Gasteiger partial charge on any atom is 0.276 e. The first-order valence-electron chi connectivity index (χ1n) is 7.71. The van der Waals surface area contributed by atoms with E-state index in [4.69, 9.17) is 14.2 Å². The number of hydrogen-bond acceptors (Lipinski definition) is 5. The van der Waals surface area contributed by atoms with Crippen LogP contribution < -0.4 is 25.1 Å². The van der Waals surface area contributed by atoms with Gasteiger partial charge in [0.1, 0.15) is 17.2 Å². The monoisotopic (exact) mass is 344 g/mol. The molecule has 7 nitrogen and oxygen atoms in total. The van der Waals surface area contributed by atoms with E-state index in [-0.39, 0.29) is 6.61 Å². The van der Waals surface area contributed by atoms with Crippen LogP contribution in [0.4, 0.5) is 0 Å². The topological polar surface area (TPSA) is 85.9 Å². The molecule has 0 atom stereocenters. The van der Waals surface area contributed by atoms with Crippen molar-refractivity contribution in [1.82, 2.24) is 10.9 Å². The van der Waals surface area contributed by atoms with E-state index in [0.717, 1.165) is 0 Å². The fourth-order valence-electron chi connectivity index (χ4n) is 1.95. The first-order chi connectivity index (χ1) is 12.1. The molecule has 0 saturated carbocycles. The van der Waals surface area contributed by atoms with Crippen molar-refractivity contribution in [3.63, 3.8) is 0 Å². The van der Waals surface area contributed by atoms with E-state index in [9.17, 15) is 9.59 Å². The van der Waals surface area contributed by atoms with Crippen molar-refractivity contribution in [1.29, 1.82) is 0 Å². The van der Waals surface area contributed by atoms with E-state index in [1.807, 2.05) is 6.92 Å². The number of carbonyl (C=O) groups is 2. The summed E-state index contributed by atoms with van der Waals surface area (Å²) in [5, 5.41) is 0. The molecular weight excluding hydrogens is 324 g/mol. The lowest BCUT2D eigenvalue weighted by Gasteiger charge is -2.10. The molecule has 0 spiro atoms. The summed E-state index contributed by atoms with van der Waals surface area (Å²) in [6.45, 7) is 2.13. The maximum atomic E-state index is 12.0. The molecule has 0 aliphatic carbocycles. The van der Waals surface area contributed by atoms with Gasteiger partial charge in [-0.3, -0.25) is 20.4 Å². The molecule has 0 aromatic heterocycles. The van der Waals surface area contributed by atoms with Crippen LogP contribution in [0.25, 0.3) is 0 Å². The SMILES string of the molecule is CCOc1cccc(C(=O)NNC(=O)COc2ccc(OC)cc2)c1. The number of carbonyl (C=O) groups excluding carboxylic acids is 2. The first kappa shape index (κ1) is 18.1. The lowest BCUT2D eigenvalue weighted by Crippen LogP contribution is -2.43. The Morgan fingerprint density at radius 2 is 1.64 bits per heavy atom. The minimum Gasteiger partial charge on any atom is -0.497 e. The average Bonchev–Trinajstić information content (AvgIpc) is 2.65. The van der Waals surface area contributed by atoms with Gasteiger partial charge in [-0.1, -0.05) is 6.07 Å². The Morgan fingerprint density at radius 1 is 0.920 bits per heavy atom. The van der Waals surface area contributed by atoms with Crippen LogP contribution in [0.15, 0.2) is 48.5 Å². The van der Waals surface area contributed by atoms with Gasteiger partial charge in [0.25, 0.3) is 11.8 Å². The summed E-state index contributed by atoms with van der Waals surface area (Å²) in [5.41, 5.74) is 5.00. The summed E-state index contributed by atoms with van der Waals surface area (Å²) in [7, 11) is 1.57. The normalized spacial score (nSPS) is 9.84. The van der Waals surface area contributed by atoms with Gasteiger partial charge >= 0.3 is 0 Å². The van der Waals surface area contributed by atoms with Crippen LogP contribution >= 0.6 is 0 Å². The Balaban J connectivity index is 1.78. The van der Waals surface area contributed by atoms with Gasteiger partial charge in [-0.05, 0) is 49.4 Å². The van der Waals surface area contributed by atoms with Crippen LogP contribution in [0.2, 0.25) is 0 Å². The zero-order chi connectivity index (χ0) is 18.1. The van der Waals surface area contributed by atoms with Crippen LogP contribution in [-0.4, -0.2) is 32.1 Å². The minimum atomic E-state index is -0.481. The highest BCUT2D eigenvalue weighted by Gasteiger charge is 2.09. The minimum absolute atomic E-state index is 0.231. The third-order valence-electron chi connectivity index (χ3n) is 3.15. The molecule has 7 heteroatoms. The highest BCUT2D eigenvalue weighted by Crippen LogP contribution is 2.16. The lowest BCUT2D eigenvalue weighted by molar-refractivity contribution is -0.123. The second-order valence-corrected chi connectivity index (χ2v) is 4.93. The molecule has 132 valence electrons. The second-order valence-electron chi connectivity index (χ2n) is 4.93. The maximum absolute atomic E-state index is 12.0. The summed E-state index contributed by atoms with van der Waals surface area (Å²) in [6, 6.07) is 13.5. The second kappa shape index (κ2) is 9.17. The molecule has 2 N–H and O–H groups in total. The molecule has 0 unspecified atom stereocenters. The van der Waals surface area contributed by atoms with Crippen LogP contribution in [0.1, 0.15) is 17.3 Å². The standard InChI is InChI=1S/C18H20N2O5/c1-3-24-16-6-4-5-13(11-16)18(22)20-19-17(21)12-25-15-9-7-14(23-2)8-10-15/h4-11H,3,12H2,1-2H3,(H,19,21)(H,20,22). The van der Waals surface area contributed by atoms with Gasteiger partial charge < -0.3 is 14.2 Å². The van der Waals surface area contributed by atoms with Gasteiger partial charge in [0.05, 0.1) is 13.7 Å². The number of ether oxygens (including phenoxy) is 3. The molecule has 2 amide bonds. The number of amides is 2. The molecule has 0 aliphatic rings. The van der Waals surface area contributed by atoms with E-state index < -0.39 is 11.8 Å². The molecule has 2 aromatic carbocycles. The Kier molecular flexibility index (Phi) is 6.65. The summed E-state index contributed by atoms with van der Waals surface area (Å²) in [5.74, 6) is 0.874. The fraction of sp³-hybridized carbons (Fsp3) is 0.222. The molecule has 0 aliphatic heterocycles. The molecule has 0 bridgehead atoms. The Morgan fingerprint density at radius 3 is 2.32 bits per heavy atom. The number of rotatable bonds is 7. The molecule has 2 rings (SSSR count). The molecular formula is C18H20N2O5. The van der Waals surface area contributed by atoms with Gasteiger partial charge in [0.15, 0.2) is 6.61 Å². The van der Waals surface area contributed by atoms with Gasteiger partial charge in [-0.25, -0.2) is 0 Å². The Bertz CT molecular complexity index is 716. The fourth-order valence-corrected chi connectivity index (χ4v) is 1.95. The van der Waals surface area contributed by atoms with Crippen molar-refractivity contribution in [3.8, 4) is 17.2 Å². The van der Waals surface area contributed by atoms with Crippen molar-refractivity contribution in [2.24, 2.45) is 0 Å². The Hall–Kier alpha value is -3.22. The van der Waals surface area contributed by atoms with Gasteiger partial charge in [-0.2, -0.15) is 0 Å². The van der Waals surface area contributed by atoms with Crippen LogP contribution in [0.3, 0.4) is 0 Å². The molecule has 25 heavy (non-hydrogen) atoms. The highest BCUT2D eigenvalue weighted by molar-refractivity contribution is 5.95. The molecule has 0 fully saturated rings. The first-order valence-corrected chi connectivity index (χ1v) is 7.71. The largest absolute Gasteiger partial charge is 0.497 e. The smallest absolute Gasteiger partial charge is 0.276 e. The van der Waals surface area contributed by atoms with Crippen molar-refractivity contribution in [2.45, 2.75) is 6.92 Å². The van der Waals surface area contributed by atoms with E-state index >= 15 is 0 Å². The zero-order valence-corrected chi connectivity index (χ0v) is 14.1. The highest BCUT2D eigenvalue weighted by atomic mass is 16.5. The number of benzene rings is 2. The van der Waals surface area contributed by atoms with Crippen LogP contribution in [0.5, 0.6) is 17.2 Å². The summed E-state index contributed by atoms with van der Waals surface area (Å²) >= 11 is 0. The predicted octanol–water partition coefficient (Wildman–Crippen LogP) is 1.93. The third-order valence-corrected chi connectivity index (χ3v) is 3.15. The van der Waals surface area contributed by atoms with E-state index in [1.54, 1.807) is 55.6 Å². The number of methoxy groups -OCH3 is 1. The quantitative estimate of drug-likeness (QED) is 0.750. The van der Waals surface area contributed by atoms with Crippen molar-refractivity contribution in [3.05, 3.63) is 54.1 Å². The van der Waals surface area contributed by atoms with Crippen molar-refractivity contribution < 1.29 is 23.8 Å². The molecule has 0 heterocycles. The summed E-state index contributed by atoms with van der Waals surface area (Å²) in [4.78, 5) is 23.8. The van der Waals surface area contributed by atoms with Crippen LogP contribution in [0, 0.1) is 0 Å². The number of hydrazine groups is 1. The van der Waals surface area contributed by atoms with E-state index in [0.29, 0.717) is 29.4 Å². The molecule has 0 saturated heterocycles. The number of nitrogens with one attached hydrogen (secondary N) is 2. The van der Waals surface area contributed by atoms with E-state index in [1.165, 1.54) is 0 Å².